The summed E-state index contributed by atoms with van der Waals surface area (Å²) in [6.45, 7) is 0.00325. The Labute approximate surface area is 179 Å². The zero-order valence-electron chi connectivity index (χ0n) is 17.2. The van der Waals surface area contributed by atoms with Gasteiger partial charge < -0.3 is 36.3 Å². The summed E-state index contributed by atoms with van der Waals surface area (Å²) < 4.78 is 10.5. The molecule has 6 N–H and O–H groups in total. The minimum atomic E-state index is -0.441. The second-order valence-corrected chi connectivity index (χ2v) is 6.40. The van der Waals surface area contributed by atoms with Crippen molar-refractivity contribution in [2.45, 2.75) is 0 Å². The number of nitrogens with zero attached hydrogens (tertiary/aromatic N) is 2. The van der Waals surface area contributed by atoms with E-state index in [1.54, 1.807) is 49.7 Å². The van der Waals surface area contributed by atoms with Crippen molar-refractivity contribution >= 4 is 29.0 Å². The number of nitrogen functional groups attached to an aromatic ring is 1. The zero-order valence-corrected chi connectivity index (χ0v) is 17.2. The first-order valence-corrected chi connectivity index (χ1v) is 9.41. The number of carbonyl (C=O) groups excluding carboxylic acids is 1. The number of carbonyl (C=O) groups is 1. The molecule has 0 radical (unpaired) electrons. The van der Waals surface area contributed by atoms with Crippen LogP contribution in [0.15, 0.2) is 48.7 Å². The molecule has 3 rings (SSSR count). The summed E-state index contributed by atoms with van der Waals surface area (Å²) in [5, 5.41) is 17.1. The van der Waals surface area contributed by atoms with Crippen LogP contribution in [0.5, 0.6) is 11.5 Å². The Morgan fingerprint density at radius 2 is 1.90 bits per heavy atom. The number of ether oxygens (including phenoxy) is 2. The van der Waals surface area contributed by atoms with Crippen LogP contribution in [-0.4, -0.2) is 48.5 Å². The molecule has 1 aromatic heterocycles. The van der Waals surface area contributed by atoms with Gasteiger partial charge in [0.25, 0.3) is 0 Å². The number of nitrogens with two attached hydrogens (primary N) is 1. The molecule has 10 nitrogen and oxygen atoms in total. The van der Waals surface area contributed by atoms with Gasteiger partial charge in [0.15, 0.2) is 0 Å². The summed E-state index contributed by atoms with van der Waals surface area (Å²) >= 11 is 0. The average molecular weight is 424 g/mol. The van der Waals surface area contributed by atoms with Crippen molar-refractivity contribution in [3.63, 3.8) is 0 Å². The highest BCUT2D eigenvalue weighted by Crippen LogP contribution is 2.29. The van der Waals surface area contributed by atoms with Crippen LogP contribution >= 0.6 is 0 Å². The molecule has 0 unspecified atom stereocenters. The minimum absolute atomic E-state index is 0.147. The van der Waals surface area contributed by atoms with E-state index >= 15 is 0 Å². The van der Waals surface area contributed by atoms with Crippen molar-refractivity contribution in [2.24, 2.45) is 0 Å². The smallest absolute Gasteiger partial charge is 0.319 e. The monoisotopic (exact) mass is 424 g/mol. The number of anilines is 4. The molecule has 0 aliphatic carbocycles. The van der Waals surface area contributed by atoms with Gasteiger partial charge in [-0.1, -0.05) is 0 Å². The number of urea groups is 1. The maximum Gasteiger partial charge on any atom is 0.319 e. The fourth-order valence-electron chi connectivity index (χ4n) is 2.81. The first-order chi connectivity index (χ1) is 15.0. The third-order valence-electron chi connectivity index (χ3n) is 4.23. The van der Waals surface area contributed by atoms with Gasteiger partial charge in [-0.15, -0.1) is 0 Å². The van der Waals surface area contributed by atoms with Gasteiger partial charge in [0, 0.05) is 41.8 Å². The number of aromatic nitrogens is 2. The first kappa shape index (κ1) is 21.7. The number of hydrogen-bond donors (Lipinski definition) is 5. The van der Waals surface area contributed by atoms with Crippen molar-refractivity contribution in [3.05, 3.63) is 48.7 Å². The second kappa shape index (κ2) is 10.1. The molecule has 0 aliphatic heterocycles. The van der Waals surface area contributed by atoms with Crippen LogP contribution in [0.4, 0.5) is 27.8 Å². The summed E-state index contributed by atoms with van der Waals surface area (Å²) in [4.78, 5) is 20.7. The van der Waals surface area contributed by atoms with Gasteiger partial charge in [-0.25, -0.2) is 14.8 Å². The van der Waals surface area contributed by atoms with Crippen LogP contribution in [-0.2, 0) is 0 Å². The summed E-state index contributed by atoms with van der Waals surface area (Å²) in [7, 11) is 3.09. The first-order valence-electron chi connectivity index (χ1n) is 9.41. The topological polar surface area (TPSA) is 144 Å². The van der Waals surface area contributed by atoms with E-state index in [9.17, 15) is 4.79 Å². The Morgan fingerprint density at radius 1 is 1.10 bits per heavy atom. The van der Waals surface area contributed by atoms with Gasteiger partial charge in [-0.3, -0.25) is 0 Å². The standard InChI is InChI=1S/C21H24N6O4/c1-30-16-11-14(10-15(12-16)26-21(29)24-7-8-28)25-20-23-6-5-18(27-20)13-3-4-19(31-2)17(22)9-13/h3-6,9-12,28H,7-8,22H2,1-2H3,(H,23,25,27)(H2,24,26,29). The number of rotatable bonds is 8. The highest BCUT2D eigenvalue weighted by Gasteiger charge is 2.09. The van der Waals surface area contributed by atoms with E-state index in [0.29, 0.717) is 40.2 Å². The predicted octanol–water partition coefficient (Wildman–Crippen LogP) is 2.60. The lowest BCUT2D eigenvalue weighted by atomic mass is 10.1. The number of amides is 2. The normalized spacial score (nSPS) is 10.3. The van der Waals surface area contributed by atoms with Gasteiger partial charge >= 0.3 is 6.03 Å². The molecule has 0 atom stereocenters. The predicted molar refractivity (Wildman–Crippen MR) is 119 cm³/mol. The van der Waals surface area contributed by atoms with Crippen molar-refractivity contribution in [3.8, 4) is 22.8 Å². The average Bonchev–Trinajstić information content (AvgIpc) is 2.77. The van der Waals surface area contributed by atoms with E-state index in [0.717, 1.165) is 5.56 Å². The van der Waals surface area contributed by atoms with Crippen molar-refractivity contribution in [1.82, 2.24) is 15.3 Å². The lowest BCUT2D eigenvalue weighted by Gasteiger charge is -2.12. The van der Waals surface area contributed by atoms with E-state index in [4.69, 9.17) is 20.3 Å². The third kappa shape index (κ3) is 5.73. The Kier molecular flexibility index (Phi) is 7.07. The van der Waals surface area contributed by atoms with Gasteiger partial charge in [0.05, 0.1) is 32.2 Å². The molecule has 31 heavy (non-hydrogen) atoms. The van der Waals surface area contributed by atoms with Crippen LogP contribution in [0.1, 0.15) is 0 Å². The third-order valence-corrected chi connectivity index (χ3v) is 4.23. The van der Waals surface area contributed by atoms with Crippen LogP contribution in [0.3, 0.4) is 0 Å². The van der Waals surface area contributed by atoms with Gasteiger partial charge in [0.2, 0.25) is 5.95 Å². The van der Waals surface area contributed by atoms with E-state index in [-0.39, 0.29) is 13.2 Å². The quantitative estimate of drug-likeness (QED) is 0.347. The largest absolute Gasteiger partial charge is 0.497 e. The molecular formula is C21H24N6O4. The number of hydrogen-bond acceptors (Lipinski definition) is 8. The Hall–Kier alpha value is -4.05. The van der Waals surface area contributed by atoms with E-state index in [2.05, 4.69) is 25.9 Å². The second-order valence-electron chi connectivity index (χ2n) is 6.40. The molecule has 0 spiro atoms. The van der Waals surface area contributed by atoms with E-state index in [1.165, 1.54) is 7.11 Å². The van der Waals surface area contributed by atoms with Crippen molar-refractivity contribution in [2.75, 3.05) is 43.7 Å². The lowest BCUT2D eigenvalue weighted by molar-refractivity contribution is 0.245. The molecule has 0 fully saturated rings. The minimum Gasteiger partial charge on any atom is -0.497 e. The molecule has 2 amide bonds. The van der Waals surface area contributed by atoms with Crippen LogP contribution < -0.4 is 31.2 Å². The van der Waals surface area contributed by atoms with Crippen LogP contribution in [0.2, 0.25) is 0 Å². The van der Waals surface area contributed by atoms with Crippen molar-refractivity contribution < 1.29 is 19.4 Å². The molecule has 0 bridgehead atoms. The molecule has 162 valence electrons. The Bertz CT molecular complexity index is 1060. The van der Waals surface area contributed by atoms with E-state index < -0.39 is 6.03 Å². The Balaban J connectivity index is 1.82. The molecule has 0 saturated carbocycles. The molecule has 0 aliphatic rings. The van der Waals surface area contributed by atoms with Gasteiger partial charge in [-0.05, 0) is 30.3 Å². The molecule has 10 heteroatoms. The van der Waals surface area contributed by atoms with Crippen LogP contribution in [0.25, 0.3) is 11.3 Å². The highest BCUT2D eigenvalue weighted by molar-refractivity contribution is 5.90. The maximum atomic E-state index is 11.9. The number of nitrogens with one attached hydrogen (secondary N) is 3. The highest BCUT2D eigenvalue weighted by atomic mass is 16.5. The molecule has 3 aromatic rings. The van der Waals surface area contributed by atoms with Crippen LogP contribution in [0, 0.1) is 0 Å². The molecule has 0 saturated heterocycles. The molecule has 2 aromatic carbocycles. The SMILES string of the molecule is COc1cc(NC(=O)NCCO)cc(Nc2nccc(-c3ccc(OC)c(N)c3)n2)c1. The van der Waals surface area contributed by atoms with Gasteiger partial charge in [-0.2, -0.15) is 0 Å². The van der Waals surface area contributed by atoms with Gasteiger partial charge in [0.1, 0.15) is 11.5 Å². The summed E-state index contributed by atoms with van der Waals surface area (Å²) in [6, 6.07) is 11.9. The fourth-order valence-corrected chi connectivity index (χ4v) is 2.81. The number of methoxy groups -OCH3 is 2. The summed E-state index contributed by atoms with van der Waals surface area (Å²) in [5.74, 6) is 1.48. The Morgan fingerprint density at radius 3 is 2.61 bits per heavy atom. The molecule has 1 heterocycles. The number of benzene rings is 2. The van der Waals surface area contributed by atoms with E-state index in [1.807, 2.05) is 6.07 Å². The summed E-state index contributed by atoms with van der Waals surface area (Å²) in [6.07, 6.45) is 1.63. The maximum absolute atomic E-state index is 11.9. The molecular weight excluding hydrogens is 400 g/mol. The fraction of sp³-hybridized carbons (Fsp3) is 0.190. The lowest BCUT2D eigenvalue weighted by Crippen LogP contribution is -2.30. The summed E-state index contributed by atoms with van der Waals surface area (Å²) in [5.41, 5.74) is 9.11. The zero-order chi connectivity index (χ0) is 22.2. The number of aliphatic hydroxyl groups is 1. The van der Waals surface area contributed by atoms with Crippen molar-refractivity contribution in [1.29, 1.82) is 0 Å². The number of aliphatic hydroxyl groups excluding tert-OH is 1.